The van der Waals surface area contributed by atoms with E-state index in [9.17, 15) is 4.39 Å². The van der Waals surface area contributed by atoms with Crippen molar-refractivity contribution in [2.75, 3.05) is 0 Å². The van der Waals surface area contributed by atoms with E-state index in [1.54, 1.807) is 12.1 Å². The normalized spacial score (nSPS) is 19.0. The van der Waals surface area contributed by atoms with Crippen molar-refractivity contribution in [2.45, 2.75) is 44.4 Å². The van der Waals surface area contributed by atoms with Crippen LogP contribution in [0.15, 0.2) is 12.1 Å². The molecular weight excluding hydrogens is 267 g/mol. The van der Waals surface area contributed by atoms with E-state index in [0.29, 0.717) is 4.83 Å². The van der Waals surface area contributed by atoms with Gasteiger partial charge in [-0.3, -0.25) is 0 Å². The Kier molecular flexibility index (Phi) is 3.68. The number of alkyl halides is 1. The van der Waals surface area contributed by atoms with Crippen LogP contribution >= 0.6 is 15.9 Å². The fourth-order valence-electron chi connectivity index (χ4n) is 2.84. The van der Waals surface area contributed by atoms with E-state index in [2.05, 4.69) is 15.9 Å². The molecule has 1 aromatic rings. The molecule has 0 amide bonds. The van der Waals surface area contributed by atoms with Crippen molar-refractivity contribution in [3.05, 3.63) is 34.6 Å². The third-order valence-corrected chi connectivity index (χ3v) is 4.85. The molecule has 0 saturated heterocycles. The predicted octanol–water partition coefficient (Wildman–Crippen LogP) is 5.07. The van der Waals surface area contributed by atoms with Crippen LogP contribution in [-0.4, -0.2) is 0 Å². The lowest BCUT2D eigenvalue weighted by Crippen LogP contribution is -2.07. The van der Waals surface area contributed by atoms with E-state index in [0.717, 1.165) is 17.0 Å². The second-order valence-corrected chi connectivity index (χ2v) is 5.89. The molecule has 0 bridgehead atoms. The minimum atomic E-state index is -0.120. The lowest BCUT2D eigenvalue weighted by atomic mass is 9.91. The molecular formula is C14H18BrF. The average molecular weight is 285 g/mol. The van der Waals surface area contributed by atoms with Crippen molar-refractivity contribution in [3.8, 4) is 0 Å². The smallest absolute Gasteiger partial charge is 0.123 e. The molecule has 88 valence electrons. The Morgan fingerprint density at radius 1 is 1.19 bits per heavy atom. The molecule has 0 radical (unpaired) electrons. The van der Waals surface area contributed by atoms with E-state index in [1.165, 1.54) is 31.2 Å². The molecule has 1 unspecified atom stereocenters. The zero-order valence-electron chi connectivity index (χ0n) is 9.89. The third-order valence-electron chi connectivity index (χ3n) is 3.65. The van der Waals surface area contributed by atoms with Crippen LogP contribution in [0.5, 0.6) is 0 Å². The summed E-state index contributed by atoms with van der Waals surface area (Å²) in [6, 6.07) is 3.29. The van der Waals surface area contributed by atoms with Crippen molar-refractivity contribution < 1.29 is 4.39 Å². The number of rotatable bonds is 2. The number of hydrogen-bond donors (Lipinski definition) is 0. The highest BCUT2D eigenvalue weighted by atomic mass is 79.9. The zero-order valence-corrected chi connectivity index (χ0v) is 11.5. The van der Waals surface area contributed by atoms with Crippen molar-refractivity contribution in [2.24, 2.45) is 5.92 Å². The van der Waals surface area contributed by atoms with Gasteiger partial charge in [0.2, 0.25) is 0 Å². The van der Waals surface area contributed by atoms with Crippen LogP contribution in [0.2, 0.25) is 0 Å². The van der Waals surface area contributed by atoms with Crippen LogP contribution in [0.1, 0.15) is 47.2 Å². The highest BCUT2D eigenvalue weighted by Gasteiger charge is 2.26. The Bertz CT molecular complexity index is 357. The van der Waals surface area contributed by atoms with E-state index in [1.807, 2.05) is 13.8 Å². The molecule has 1 saturated carbocycles. The molecule has 1 aromatic carbocycles. The monoisotopic (exact) mass is 284 g/mol. The maximum absolute atomic E-state index is 13.2. The zero-order chi connectivity index (χ0) is 11.7. The minimum Gasteiger partial charge on any atom is -0.207 e. The Hall–Kier alpha value is -0.370. The summed E-state index contributed by atoms with van der Waals surface area (Å²) in [5, 5.41) is 0. The molecule has 1 aliphatic carbocycles. The number of aryl methyl sites for hydroxylation is 2. The number of benzene rings is 1. The van der Waals surface area contributed by atoms with Gasteiger partial charge in [-0.1, -0.05) is 28.8 Å². The van der Waals surface area contributed by atoms with Crippen LogP contribution in [-0.2, 0) is 0 Å². The summed E-state index contributed by atoms with van der Waals surface area (Å²) < 4.78 is 13.2. The van der Waals surface area contributed by atoms with Crippen molar-refractivity contribution in [3.63, 3.8) is 0 Å². The van der Waals surface area contributed by atoms with Crippen LogP contribution in [0.4, 0.5) is 4.39 Å². The fourth-order valence-corrected chi connectivity index (χ4v) is 4.09. The van der Waals surface area contributed by atoms with Crippen molar-refractivity contribution in [1.82, 2.24) is 0 Å². The summed E-state index contributed by atoms with van der Waals surface area (Å²) in [7, 11) is 0. The molecule has 0 N–H and O–H groups in total. The Labute approximate surface area is 105 Å². The summed E-state index contributed by atoms with van der Waals surface area (Å²) in [6.07, 6.45) is 5.27. The molecule has 2 heteroatoms. The largest absolute Gasteiger partial charge is 0.207 e. The first-order valence-corrected chi connectivity index (χ1v) is 6.92. The molecule has 0 aliphatic heterocycles. The highest BCUT2D eigenvalue weighted by Crippen LogP contribution is 2.43. The SMILES string of the molecule is Cc1cc(F)cc(C)c1C(Br)C1CCCC1. The quantitative estimate of drug-likeness (QED) is 0.665. The maximum Gasteiger partial charge on any atom is 0.123 e. The Morgan fingerprint density at radius 2 is 1.69 bits per heavy atom. The minimum absolute atomic E-state index is 0.120. The molecule has 1 atom stereocenters. The highest BCUT2D eigenvalue weighted by molar-refractivity contribution is 9.09. The first-order chi connectivity index (χ1) is 7.59. The molecule has 1 fully saturated rings. The number of hydrogen-bond acceptors (Lipinski definition) is 0. The summed E-state index contributed by atoms with van der Waals surface area (Å²) >= 11 is 3.82. The first kappa shape index (κ1) is 12.1. The van der Waals surface area contributed by atoms with E-state index in [4.69, 9.17) is 0 Å². The van der Waals surface area contributed by atoms with Crippen LogP contribution in [0, 0.1) is 25.6 Å². The lowest BCUT2D eigenvalue weighted by Gasteiger charge is -2.21. The third kappa shape index (κ3) is 2.32. The Morgan fingerprint density at radius 3 is 2.19 bits per heavy atom. The van der Waals surface area contributed by atoms with Crippen molar-refractivity contribution >= 4 is 15.9 Å². The van der Waals surface area contributed by atoms with Gasteiger partial charge in [0.15, 0.2) is 0 Å². The summed E-state index contributed by atoms with van der Waals surface area (Å²) in [6.45, 7) is 4.02. The summed E-state index contributed by atoms with van der Waals surface area (Å²) in [5.74, 6) is 0.604. The van der Waals surface area contributed by atoms with Gasteiger partial charge in [-0.2, -0.15) is 0 Å². The van der Waals surface area contributed by atoms with Crippen LogP contribution in [0.3, 0.4) is 0 Å². The second kappa shape index (κ2) is 4.87. The van der Waals surface area contributed by atoms with E-state index in [-0.39, 0.29) is 5.82 Å². The van der Waals surface area contributed by atoms with Gasteiger partial charge >= 0.3 is 0 Å². The lowest BCUT2D eigenvalue weighted by molar-refractivity contribution is 0.537. The predicted molar refractivity (Wildman–Crippen MR) is 69.5 cm³/mol. The van der Waals surface area contributed by atoms with Gasteiger partial charge in [0.05, 0.1) is 0 Å². The van der Waals surface area contributed by atoms with Gasteiger partial charge in [-0.05, 0) is 61.4 Å². The molecule has 0 aromatic heterocycles. The average Bonchev–Trinajstić information content (AvgIpc) is 2.67. The van der Waals surface area contributed by atoms with Crippen LogP contribution in [0.25, 0.3) is 0 Å². The standard InChI is InChI=1S/C14H18BrF/c1-9-7-12(16)8-10(2)13(9)14(15)11-5-3-4-6-11/h7-8,11,14H,3-6H2,1-2H3. The van der Waals surface area contributed by atoms with Crippen molar-refractivity contribution in [1.29, 1.82) is 0 Å². The maximum atomic E-state index is 13.2. The second-order valence-electron chi connectivity index (χ2n) is 4.90. The van der Waals surface area contributed by atoms with E-state index < -0.39 is 0 Å². The van der Waals surface area contributed by atoms with Gasteiger partial charge in [0.1, 0.15) is 5.82 Å². The Balaban J connectivity index is 2.31. The van der Waals surface area contributed by atoms with Gasteiger partial charge in [0, 0.05) is 4.83 Å². The molecule has 16 heavy (non-hydrogen) atoms. The topological polar surface area (TPSA) is 0 Å². The molecule has 0 spiro atoms. The molecule has 1 aliphatic rings. The first-order valence-electron chi connectivity index (χ1n) is 6.00. The summed E-state index contributed by atoms with van der Waals surface area (Å²) in [5.41, 5.74) is 3.45. The molecule has 0 heterocycles. The summed E-state index contributed by atoms with van der Waals surface area (Å²) in [4.78, 5) is 0.399. The van der Waals surface area contributed by atoms with E-state index >= 15 is 0 Å². The van der Waals surface area contributed by atoms with Gasteiger partial charge in [-0.15, -0.1) is 0 Å². The van der Waals surface area contributed by atoms with Gasteiger partial charge < -0.3 is 0 Å². The molecule has 0 nitrogen and oxygen atoms in total. The number of halogens is 2. The van der Waals surface area contributed by atoms with Crippen LogP contribution < -0.4 is 0 Å². The fraction of sp³-hybridized carbons (Fsp3) is 0.571. The van der Waals surface area contributed by atoms with Gasteiger partial charge in [0.25, 0.3) is 0 Å². The molecule has 2 rings (SSSR count). The van der Waals surface area contributed by atoms with Gasteiger partial charge in [-0.25, -0.2) is 4.39 Å².